The lowest BCUT2D eigenvalue weighted by molar-refractivity contribution is 0.291. The molecule has 22 heavy (non-hydrogen) atoms. The molecule has 136 valence electrons. The van der Waals surface area contributed by atoms with Gasteiger partial charge < -0.3 is 10.4 Å². The van der Waals surface area contributed by atoms with Gasteiger partial charge in [0, 0.05) is 6.04 Å². The number of hydrogen-bond acceptors (Lipinski definition) is 1. The minimum atomic E-state index is 0. The predicted octanol–water partition coefficient (Wildman–Crippen LogP) is 5.98. The van der Waals surface area contributed by atoms with Crippen LogP contribution in [0.25, 0.3) is 0 Å². The third-order valence-electron chi connectivity index (χ3n) is 4.86. The SMILES string of the molecule is CCCCCCCCCCCCCCCCC(C)N(C)C.O. The third kappa shape index (κ3) is 18.0. The number of unbranched alkanes of at least 4 members (excludes halogenated alkanes) is 13. The molecule has 0 saturated carbocycles. The fourth-order valence-electron chi connectivity index (χ4n) is 2.89. The van der Waals surface area contributed by atoms with E-state index in [1.807, 2.05) is 0 Å². The predicted molar refractivity (Wildman–Crippen MR) is 102 cm³/mol. The van der Waals surface area contributed by atoms with Crippen LogP contribution in [0.2, 0.25) is 0 Å². The standard InChI is InChI=1S/C20H43N.H2O/c1-5-6-7-8-9-10-11-12-13-14-15-16-17-18-19-20(2)21(3)4;/h20H,5-19H2,1-4H3;1H2. The van der Waals surface area contributed by atoms with Gasteiger partial charge in [0.1, 0.15) is 0 Å². The van der Waals surface area contributed by atoms with Crippen molar-refractivity contribution >= 4 is 0 Å². The van der Waals surface area contributed by atoms with Crippen LogP contribution in [-0.2, 0) is 0 Å². The van der Waals surface area contributed by atoms with Crippen molar-refractivity contribution in [3.8, 4) is 0 Å². The van der Waals surface area contributed by atoms with Gasteiger partial charge in [-0.15, -0.1) is 0 Å². The highest BCUT2D eigenvalue weighted by Gasteiger charge is 2.02. The van der Waals surface area contributed by atoms with Gasteiger partial charge in [-0.2, -0.15) is 0 Å². The maximum Gasteiger partial charge on any atom is 0.00608 e. The van der Waals surface area contributed by atoms with Gasteiger partial charge in [-0.25, -0.2) is 0 Å². The van der Waals surface area contributed by atoms with E-state index >= 15 is 0 Å². The summed E-state index contributed by atoms with van der Waals surface area (Å²) in [7, 11) is 4.38. The molecule has 0 fully saturated rings. The average Bonchev–Trinajstić information content (AvgIpc) is 2.47. The smallest absolute Gasteiger partial charge is 0.00608 e. The number of hydrogen-bond donors (Lipinski definition) is 0. The Morgan fingerprint density at radius 1 is 0.591 bits per heavy atom. The fraction of sp³-hybridized carbons (Fsp3) is 1.00. The molecule has 0 aromatic heterocycles. The maximum absolute atomic E-state index is 2.34. The second-order valence-corrected chi connectivity index (χ2v) is 7.20. The van der Waals surface area contributed by atoms with Gasteiger partial charge in [0.05, 0.1) is 0 Å². The van der Waals surface area contributed by atoms with Crippen molar-refractivity contribution in [1.29, 1.82) is 0 Å². The van der Waals surface area contributed by atoms with Crippen molar-refractivity contribution in [2.45, 2.75) is 116 Å². The summed E-state index contributed by atoms with van der Waals surface area (Å²) < 4.78 is 0. The van der Waals surface area contributed by atoms with Crippen LogP contribution in [0.1, 0.15) is 110 Å². The summed E-state index contributed by atoms with van der Waals surface area (Å²) >= 11 is 0. The summed E-state index contributed by atoms with van der Waals surface area (Å²) in [6, 6.07) is 0.752. The van der Waals surface area contributed by atoms with E-state index in [-0.39, 0.29) is 5.48 Å². The Labute approximate surface area is 141 Å². The van der Waals surface area contributed by atoms with Crippen LogP contribution < -0.4 is 0 Å². The zero-order valence-electron chi connectivity index (χ0n) is 16.1. The highest BCUT2D eigenvalue weighted by atomic mass is 16.0. The van der Waals surface area contributed by atoms with E-state index in [9.17, 15) is 0 Å². The summed E-state index contributed by atoms with van der Waals surface area (Å²) in [5.41, 5.74) is 0. The van der Waals surface area contributed by atoms with Crippen LogP contribution in [0.15, 0.2) is 0 Å². The quantitative estimate of drug-likeness (QED) is 0.322. The molecule has 1 unspecified atom stereocenters. The van der Waals surface area contributed by atoms with Gasteiger partial charge in [0.15, 0.2) is 0 Å². The highest BCUT2D eigenvalue weighted by Crippen LogP contribution is 2.14. The Balaban J connectivity index is 0. The Hall–Kier alpha value is -0.0800. The van der Waals surface area contributed by atoms with E-state index in [0.29, 0.717) is 0 Å². The Morgan fingerprint density at radius 2 is 0.909 bits per heavy atom. The summed E-state index contributed by atoms with van der Waals surface area (Å²) in [6.07, 6.45) is 21.7. The first kappa shape index (κ1) is 24.2. The van der Waals surface area contributed by atoms with Crippen molar-refractivity contribution in [2.24, 2.45) is 0 Å². The first-order valence-electron chi connectivity index (χ1n) is 9.85. The van der Waals surface area contributed by atoms with E-state index in [1.54, 1.807) is 0 Å². The van der Waals surface area contributed by atoms with Gasteiger partial charge in [-0.3, -0.25) is 0 Å². The second-order valence-electron chi connectivity index (χ2n) is 7.20. The first-order valence-corrected chi connectivity index (χ1v) is 9.85. The van der Waals surface area contributed by atoms with Gasteiger partial charge >= 0.3 is 0 Å². The minimum Gasteiger partial charge on any atom is -0.412 e. The minimum absolute atomic E-state index is 0. The van der Waals surface area contributed by atoms with E-state index in [1.165, 1.54) is 96.3 Å². The van der Waals surface area contributed by atoms with E-state index in [2.05, 4.69) is 32.8 Å². The van der Waals surface area contributed by atoms with Crippen molar-refractivity contribution in [3.05, 3.63) is 0 Å². The lowest BCUT2D eigenvalue weighted by Gasteiger charge is -2.19. The molecular weight excluding hydrogens is 270 g/mol. The second kappa shape index (κ2) is 19.0. The molecule has 0 aromatic rings. The molecule has 0 spiro atoms. The topological polar surface area (TPSA) is 34.7 Å². The maximum atomic E-state index is 2.34. The molecule has 0 heterocycles. The average molecular weight is 316 g/mol. The molecule has 1 atom stereocenters. The zero-order valence-corrected chi connectivity index (χ0v) is 16.1. The Bertz CT molecular complexity index is 194. The van der Waals surface area contributed by atoms with E-state index in [4.69, 9.17) is 0 Å². The monoisotopic (exact) mass is 315 g/mol. The van der Waals surface area contributed by atoms with Crippen molar-refractivity contribution in [2.75, 3.05) is 14.1 Å². The summed E-state index contributed by atoms with van der Waals surface area (Å²) in [5.74, 6) is 0. The third-order valence-corrected chi connectivity index (χ3v) is 4.86. The lowest BCUT2D eigenvalue weighted by atomic mass is 10.0. The summed E-state index contributed by atoms with van der Waals surface area (Å²) in [5, 5.41) is 0. The summed E-state index contributed by atoms with van der Waals surface area (Å²) in [4.78, 5) is 2.34. The van der Waals surface area contributed by atoms with Crippen LogP contribution >= 0.6 is 0 Å². The number of rotatable bonds is 16. The van der Waals surface area contributed by atoms with Gasteiger partial charge in [0.2, 0.25) is 0 Å². The van der Waals surface area contributed by atoms with Gasteiger partial charge in [0.25, 0.3) is 0 Å². The first-order chi connectivity index (χ1) is 10.2. The number of nitrogens with zero attached hydrogens (tertiary/aromatic N) is 1. The normalized spacial score (nSPS) is 12.4. The van der Waals surface area contributed by atoms with Gasteiger partial charge in [-0.05, 0) is 27.4 Å². The zero-order chi connectivity index (χ0) is 15.8. The molecule has 0 aromatic carbocycles. The molecule has 0 amide bonds. The molecule has 0 aliphatic rings. The Morgan fingerprint density at radius 3 is 1.23 bits per heavy atom. The summed E-state index contributed by atoms with van der Waals surface area (Å²) in [6.45, 7) is 4.63. The van der Waals surface area contributed by atoms with E-state index in [0.717, 1.165) is 6.04 Å². The molecule has 0 saturated heterocycles. The van der Waals surface area contributed by atoms with Crippen molar-refractivity contribution in [1.82, 2.24) is 4.90 Å². The van der Waals surface area contributed by atoms with Gasteiger partial charge in [-0.1, -0.05) is 96.8 Å². The molecule has 2 nitrogen and oxygen atoms in total. The molecule has 0 aliphatic carbocycles. The lowest BCUT2D eigenvalue weighted by Crippen LogP contribution is -2.24. The Kier molecular flexibility index (Phi) is 20.8. The molecule has 0 aliphatic heterocycles. The fourth-order valence-corrected chi connectivity index (χ4v) is 2.89. The molecule has 2 N–H and O–H groups in total. The molecule has 0 rings (SSSR count). The van der Waals surface area contributed by atoms with Crippen molar-refractivity contribution in [3.63, 3.8) is 0 Å². The van der Waals surface area contributed by atoms with Crippen LogP contribution in [0.3, 0.4) is 0 Å². The van der Waals surface area contributed by atoms with E-state index < -0.39 is 0 Å². The van der Waals surface area contributed by atoms with Crippen LogP contribution in [0, 0.1) is 0 Å². The van der Waals surface area contributed by atoms with Crippen molar-refractivity contribution < 1.29 is 5.48 Å². The molecular formula is C20H45NO. The highest BCUT2D eigenvalue weighted by molar-refractivity contribution is 4.59. The van der Waals surface area contributed by atoms with Crippen LogP contribution in [0.4, 0.5) is 0 Å². The molecule has 0 bridgehead atoms. The molecule has 0 radical (unpaired) electrons. The largest absolute Gasteiger partial charge is 0.412 e. The molecule has 2 heteroatoms. The van der Waals surface area contributed by atoms with Crippen LogP contribution in [0.5, 0.6) is 0 Å². The van der Waals surface area contributed by atoms with Crippen LogP contribution in [-0.4, -0.2) is 30.5 Å².